The second-order valence-electron chi connectivity index (χ2n) is 5.22. The quantitative estimate of drug-likeness (QED) is 0.570. The van der Waals surface area contributed by atoms with Gasteiger partial charge < -0.3 is 15.0 Å². The molecule has 0 aliphatic carbocycles. The van der Waals surface area contributed by atoms with Gasteiger partial charge in [0.05, 0.1) is 5.69 Å². The summed E-state index contributed by atoms with van der Waals surface area (Å²) in [6.45, 7) is 1.89. The lowest BCUT2D eigenvalue weighted by atomic mass is 10.1. The van der Waals surface area contributed by atoms with Crippen LogP contribution in [-0.4, -0.2) is 46.0 Å². The molecule has 24 heavy (non-hydrogen) atoms. The average Bonchev–Trinajstić information content (AvgIpc) is 2.67. The molecule has 1 aromatic rings. The molecule has 1 unspecified atom stereocenters. The molecule has 0 saturated carbocycles. The van der Waals surface area contributed by atoms with Crippen LogP contribution in [0.25, 0.3) is 0 Å². The number of alkyl halides is 3. The number of aromatic nitrogens is 1. The molecule has 2 N–H and O–H groups in total. The van der Waals surface area contributed by atoms with Crippen molar-refractivity contribution in [2.24, 2.45) is 7.05 Å². The molecule has 0 amide bonds. The van der Waals surface area contributed by atoms with Crippen LogP contribution in [0.5, 0.6) is 0 Å². The van der Waals surface area contributed by atoms with E-state index in [4.69, 9.17) is 16.7 Å². The van der Waals surface area contributed by atoms with E-state index in [0.717, 1.165) is 11.5 Å². The van der Waals surface area contributed by atoms with Gasteiger partial charge in [-0.1, -0.05) is 11.6 Å². The number of carbonyl (C=O) groups excluding carboxylic acids is 2. The van der Waals surface area contributed by atoms with Crippen LogP contribution in [0.1, 0.15) is 39.8 Å². The lowest BCUT2D eigenvalue weighted by Gasteiger charge is -2.16. The molecular formula is C14H16ClF3N2O4. The summed E-state index contributed by atoms with van der Waals surface area (Å²) in [6.07, 6.45) is -4.91. The van der Waals surface area contributed by atoms with E-state index in [9.17, 15) is 27.6 Å². The van der Waals surface area contributed by atoms with E-state index >= 15 is 0 Å². The zero-order valence-electron chi connectivity index (χ0n) is 13.1. The number of rotatable bonds is 7. The van der Waals surface area contributed by atoms with Crippen LogP contribution in [-0.2, 0) is 11.8 Å². The molecule has 0 saturated heterocycles. The van der Waals surface area contributed by atoms with Crippen molar-refractivity contribution in [3.8, 4) is 0 Å². The highest BCUT2D eigenvalue weighted by Gasteiger charge is 2.35. The van der Waals surface area contributed by atoms with Gasteiger partial charge in [0.1, 0.15) is 16.8 Å². The minimum atomic E-state index is -4.45. The first kappa shape index (κ1) is 20.2. The fourth-order valence-electron chi connectivity index (χ4n) is 2.13. The fraction of sp³-hybridized carbons (Fsp3) is 0.500. The van der Waals surface area contributed by atoms with E-state index in [0.29, 0.717) is 0 Å². The average molecular weight is 369 g/mol. The third kappa shape index (κ3) is 4.15. The normalized spacial score (nSPS) is 13.0. The van der Waals surface area contributed by atoms with Gasteiger partial charge in [-0.2, -0.15) is 13.2 Å². The molecule has 0 spiro atoms. The zero-order chi connectivity index (χ0) is 18.8. The molecule has 0 fully saturated rings. The zero-order valence-corrected chi connectivity index (χ0v) is 13.9. The van der Waals surface area contributed by atoms with Crippen LogP contribution >= 0.6 is 11.6 Å². The van der Waals surface area contributed by atoms with Crippen molar-refractivity contribution >= 4 is 29.1 Å². The summed E-state index contributed by atoms with van der Waals surface area (Å²) < 4.78 is 38.1. The first-order chi connectivity index (χ1) is 10.9. The molecule has 6 nitrogen and oxygen atoms in total. The Morgan fingerprint density at radius 2 is 1.88 bits per heavy atom. The molecular weight excluding hydrogens is 353 g/mol. The summed E-state index contributed by atoms with van der Waals surface area (Å²) in [5.41, 5.74) is -0.449. The minimum absolute atomic E-state index is 0.0324. The van der Waals surface area contributed by atoms with Crippen molar-refractivity contribution < 1.29 is 32.7 Å². The van der Waals surface area contributed by atoms with Gasteiger partial charge in [-0.3, -0.25) is 9.59 Å². The summed E-state index contributed by atoms with van der Waals surface area (Å²) in [7, 11) is 1.33. The number of carboxylic acid groups (broad SMARTS) is 1. The van der Waals surface area contributed by atoms with E-state index in [-0.39, 0.29) is 28.5 Å². The maximum absolute atomic E-state index is 12.3. The highest BCUT2D eigenvalue weighted by molar-refractivity contribution is 6.44. The van der Waals surface area contributed by atoms with Crippen molar-refractivity contribution in [3.63, 3.8) is 0 Å². The predicted octanol–water partition coefficient (Wildman–Crippen LogP) is 2.37. The van der Waals surface area contributed by atoms with Gasteiger partial charge in [0.15, 0.2) is 0 Å². The fourth-order valence-corrected chi connectivity index (χ4v) is 2.43. The number of nitrogens with zero attached hydrogens (tertiary/aromatic N) is 1. The predicted molar refractivity (Wildman–Crippen MR) is 79.6 cm³/mol. The number of hydrogen-bond donors (Lipinski definition) is 2. The van der Waals surface area contributed by atoms with Crippen molar-refractivity contribution in [1.29, 1.82) is 0 Å². The van der Waals surface area contributed by atoms with Crippen molar-refractivity contribution in [2.45, 2.75) is 32.5 Å². The maximum atomic E-state index is 12.3. The number of Topliss-reactive ketones (excluding diaryl/α,β-unsaturated/α-hetero) is 2. The Hall–Kier alpha value is -1.87. The van der Waals surface area contributed by atoms with Crippen LogP contribution in [0.2, 0.25) is 5.15 Å². The first-order valence-corrected chi connectivity index (χ1v) is 7.23. The largest absolute Gasteiger partial charge is 0.478 e. The van der Waals surface area contributed by atoms with Crippen LogP contribution < -0.4 is 5.32 Å². The van der Waals surface area contributed by atoms with E-state index < -0.39 is 36.2 Å². The molecule has 0 aliphatic rings. The molecule has 1 aromatic heterocycles. The molecule has 1 rings (SSSR count). The number of nitrogens with one attached hydrogen (secondary N) is 1. The van der Waals surface area contributed by atoms with Crippen molar-refractivity contribution in [3.05, 3.63) is 22.0 Å². The van der Waals surface area contributed by atoms with Crippen LogP contribution in [0, 0.1) is 6.92 Å². The van der Waals surface area contributed by atoms with Gasteiger partial charge in [0, 0.05) is 20.0 Å². The van der Waals surface area contributed by atoms with Gasteiger partial charge in [-0.05, 0) is 19.4 Å². The molecule has 134 valence electrons. The Balaban J connectivity index is 2.87. The molecule has 0 aromatic carbocycles. The lowest BCUT2D eigenvalue weighted by Crippen LogP contribution is -2.40. The van der Waals surface area contributed by atoms with E-state index in [2.05, 4.69) is 5.32 Å². The maximum Gasteiger partial charge on any atom is 0.403 e. The molecule has 1 heterocycles. The van der Waals surface area contributed by atoms with E-state index in [1.807, 2.05) is 0 Å². The second kappa shape index (κ2) is 7.35. The van der Waals surface area contributed by atoms with Gasteiger partial charge in [-0.15, -0.1) is 0 Å². The molecule has 10 heteroatoms. The van der Waals surface area contributed by atoms with Gasteiger partial charge in [0.25, 0.3) is 0 Å². The molecule has 1 atom stereocenters. The van der Waals surface area contributed by atoms with Crippen LogP contribution in [0.15, 0.2) is 0 Å². The molecule has 0 bridgehead atoms. The monoisotopic (exact) mass is 368 g/mol. The Bertz CT molecular complexity index is 683. The van der Waals surface area contributed by atoms with E-state index in [1.54, 1.807) is 0 Å². The lowest BCUT2D eigenvalue weighted by molar-refractivity contribution is -0.151. The van der Waals surface area contributed by atoms with Gasteiger partial charge >= 0.3 is 12.1 Å². The summed E-state index contributed by atoms with van der Waals surface area (Å²) in [5.74, 6) is -3.28. The highest BCUT2D eigenvalue weighted by Crippen LogP contribution is 2.26. The highest BCUT2D eigenvalue weighted by atomic mass is 35.5. The summed E-state index contributed by atoms with van der Waals surface area (Å²) >= 11 is 5.84. The molecule has 0 radical (unpaired) electrons. The SMILES string of the molecule is Cc1c(C(=O)O)c(Cl)n(C)c1C(=O)C(=O)CCNC(C)C(F)(F)F. The van der Waals surface area contributed by atoms with Crippen LogP contribution in [0.3, 0.4) is 0 Å². The molecule has 0 aliphatic heterocycles. The number of aromatic carboxylic acids is 1. The number of ketones is 2. The number of carbonyl (C=O) groups is 3. The van der Waals surface area contributed by atoms with Gasteiger partial charge in [-0.25, -0.2) is 4.79 Å². The van der Waals surface area contributed by atoms with Crippen LogP contribution in [0.4, 0.5) is 13.2 Å². The Morgan fingerprint density at radius 3 is 2.29 bits per heavy atom. The van der Waals surface area contributed by atoms with E-state index in [1.165, 1.54) is 14.0 Å². The smallest absolute Gasteiger partial charge is 0.403 e. The van der Waals surface area contributed by atoms with Crippen molar-refractivity contribution in [1.82, 2.24) is 9.88 Å². The van der Waals surface area contributed by atoms with Crippen molar-refractivity contribution in [2.75, 3.05) is 6.54 Å². The Morgan fingerprint density at radius 1 is 1.33 bits per heavy atom. The first-order valence-electron chi connectivity index (χ1n) is 6.85. The summed E-state index contributed by atoms with van der Waals surface area (Å²) in [5, 5.41) is 11.0. The topological polar surface area (TPSA) is 88.4 Å². The number of hydrogen-bond acceptors (Lipinski definition) is 4. The standard InChI is InChI=1S/C14H16ClF3N2O4/c1-6-9(13(23)24)12(15)20(3)10(6)11(22)8(21)4-5-19-7(2)14(16,17)18/h7,19H,4-5H2,1-3H3,(H,23,24). The Labute approximate surface area is 140 Å². The second-order valence-corrected chi connectivity index (χ2v) is 5.58. The minimum Gasteiger partial charge on any atom is -0.478 e. The third-order valence-electron chi connectivity index (χ3n) is 3.54. The number of halogens is 4. The third-order valence-corrected chi connectivity index (χ3v) is 3.98. The summed E-state index contributed by atoms with van der Waals surface area (Å²) in [4.78, 5) is 35.2. The summed E-state index contributed by atoms with van der Waals surface area (Å²) in [6, 6.07) is -1.81. The number of carboxylic acids is 1. The Kier molecular flexibility index (Phi) is 6.18. The van der Waals surface area contributed by atoms with Gasteiger partial charge in [0.2, 0.25) is 11.6 Å².